The number of likely N-dealkylation sites (tertiary alicyclic amines) is 1. The monoisotopic (exact) mass is 606 g/mol. The van der Waals surface area contributed by atoms with Crippen LogP contribution in [0.15, 0.2) is 78.9 Å². The number of Topliss-reactive ketones (excluding diaryl/α,β-unsaturated/α-hetero) is 2. The summed E-state index contributed by atoms with van der Waals surface area (Å²) in [5.74, 6) is -2.03. The molecule has 3 aromatic rings. The quantitative estimate of drug-likeness (QED) is 0.272. The van der Waals surface area contributed by atoms with E-state index in [1.807, 2.05) is 50.2 Å². The Morgan fingerprint density at radius 2 is 1.62 bits per heavy atom. The highest BCUT2D eigenvalue weighted by Gasteiger charge is 2.31. The van der Waals surface area contributed by atoms with Crippen molar-refractivity contribution in [2.75, 3.05) is 20.1 Å². The summed E-state index contributed by atoms with van der Waals surface area (Å²) in [5, 5.41) is 0. The van der Waals surface area contributed by atoms with Gasteiger partial charge in [0.2, 0.25) is 11.7 Å². The average Bonchev–Trinajstić information content (AvgIpc) is 3.05. The fourth-order valence-electron chi connectivity index (χ4n) is 6.30. The van der Waals surface area contributed by atoms with Crippen molar-refractivity contribution in [2.24, 2.45) is 17.4 Å². The molecule has 1 fully saturated rings. The van der Waals surface area contributed by atoms with Crippen molar-refractivity contribution in [3.63, 3.8) is 0 Å². The van der Waals surface area contributed by atoms with E-state index in [2.05, 4.69) is 35.2 Å². The van der Waals surface area contributed by atoms with Gasteiger partial charge in [-0.15, -0.1) is 0 Å². The number of primary amides is 1. The van der Waals surface area contributed by atoms with Crippen LogP contribution >= 0.6 is 0 Å². The minimum atomic E-state index is -0.863. The maximum Gasteiger partial charge on any atom is 0.285 e. The zero-order chi connectivity index (χ0) is 32.3. The molecule has 8 nitrogen and oxygen atoms in total. The normalized spacial score (nSPS) is 17.4. The second-order valence-electron chi connectivity index (χ2n) is 13.0. The van der Waals surface area contributed by atoms with Crippen LogP contribution in [0.25, 0.3) is 22.3 Å². The maximum absolute atomic E-state index is 14.2. The maximum atomic E-state index is 14.2. The number of nitrogens with two attached hydrogens (primary N) is 2. The summed E-state index contributed by atoms with van der Waals surface area (Å²) in [6.07, 6.45) is 5.36. The molecule has 4 N–H and O–H groups in total. The number of piperidine rings is 1. The van der Waals surface area contributed by atoms with E-state index in [9.17, 15) is 19.2 Å². The van der Waals surface area contributed by atoms with Gasteiger partial charge in [0, 0.05) is 37.0 Å². The summed E-state index contributed by atoms with van der Waals surface area (Å²) in [5.41, 5.74) is 17.6. The van der Waals surface area contributed by atoms with Crippen LogP contribution in [0.1, 0.15) is 54.6 Å². The first kappa shape index (κ1) is 32.0. The van der Waals surface area contributed by atoms with Crippen molar-refractivity contribution in [1.82, 2.24) is 9.80 Å². The predicted molar refractivity (Wildman–Crippen MR) is 176 cm³/mol. The lowest BCUT2D eigenvalue weighted by Crippen LogP contribution is -2.43. The minimum absolute atomic E-state index is 0.113. The summed E-state index contributed by atoms with van der Waals surface area (Å²) < 4.78 is 0. The van der Waals surface area contributed by atoms with Crippen molar-refractivity contribution in [1.29, 1.82) is 0 Å². The fraction of sp³-hybridized carbons (Fsp3) is 0.351. The van der Waals surface area contributed by atoms with Crippen molar-refractivity contribution in [3.8, 4) is 22.3 Å². The molecule has 45 heavy (non-hydrogen) atoms. The fourth-order valence-corrected chi connectivity index (χ4v) is 6.30. The van der Waals surface area contributed by atoms with Crippen molar-refractivity contribution in [3.05, 3.63) is 95.6 Å². The summed E-state index contributed by atoms with van der Waals surface area (Å²) >= 11 is 0. The number of carbonyl (C=O) groups excluding carboxylic acids is 4. The van der Waals surface area contributed by atoms with Crippen molar-refractivity contribution >= 4 is 23.4 Å². The van der Waals surface area contributed by atoms with Crippen LogP contribution in [0.3, 0.4) is 0 Å². The Labute approximate surface area is 265 Å². The Morgan fingerprint density at radius 1 is 0.933 bits per heavy atom. The van der Waals surface area contributed by atoms with Gasteiger partial charge in [0.05, 0.1) is 6.04 Å². The Balaban J connectivity index is 1.50. The lowest BCUT2D eigenvalue weighted by molar-refractivity contribution is -0.139. The number of nitrogens with zero attached hydrogens (tertiary/aromatic N) is 2. The predicted octanol–water partition coefficient (Wildman–Crippen LogP) is 4.54. The zero-order valence-electron chi connectivity index (χ0n) is 26.3. The molecule has 3 aromatic carbocycles. The highest BCUT2D eigenvalue weighted by molar-refractivity contribution is 6.36. The number of amides is 2. The highest BCUT2D eigenvalue weighted by Crippen LogP contribution is 2.35. The van der Waals surface area contributed by atoms with Gasteiger partial charge in [0.1, 0.15) is 0 Å². The molecule has 0 unspecified atom stereocenters. The molecule has 4 bridgehead atoms. The largest absolute Gasteiger partial charge is 0.363 e. The molecule has 1 saturated heterocycles. The van der Waals surface area contributed by atoms with Crippen LogP contribution in [0.5, 0.6) is 0 Å². The lowest BCUT2D eigenvalue weighted by Gasteiger charge is -2.31. The van der Waals surface area contributed by atoms with E-state index >= 15 is 0 Å². The molecule has 1 heterocycles. The zero-order valence-corrected chi connectivity index (χ0v) is 26.3. The Bertz CT molecular complexity index is 1630. The van der Waals surface area contributed by atoms with Crippen LogP contribution in [0.4, 0.5) is 0 Å². The van der Waals surface area contributed by atoms with Crippen molar-refractivity contribution < 1.29 is 19.2 Å². The van der Waals surface area contributed by atoms with Crippen LogP contribution < -0.4 is 11.5 Å². The third kappa shape index (κ3) is 7.47. The molecule has 5 rings (SSSR count). The van der Waals surface area contributed by atoms with Gasteiger partial charge in [-0.25, -0.2) is 0 Å². The number of hydrogen-bond acceptors (Lipinski definition) is 6. The number of carbonyl (C=O) groups is 4. The topological polar surface area (TPSA) is 127 Å². The van der Waals surface area contributed by atoms with Crippen molar-refractivity contribution in [2.45, 2.75) is 57.7 Å². The molecule has 0 saturated carbocycles. The summed E-state index contributed by atoms with van der Waals surface area (Å²) in [6, 6.07) is 21.5. The minimum Gasteiger partial charge on any atom is -0.363 e. The van der Waals surface area contributed by atoms with E-state index in [-0.39, 0.29) is 17.6 Å². The SMILES string of the molecule is CN(C(=O)/C=C/CC(C)(C)N)[C@@H]1Cc2cc(ccc2-c2ccccc2)-c2cc(ccc2CN2CCC(C(=O)C(N)=O)CC2)C1=O. The van der Waals surface area contributed by atoms with Gasteiger partial charge in [-0.05, 0) is 91.7 Å². The van der Waals surface area contributed by atoms with E-state index in [1.165, 1.54) is 6.08 Å². The van der Waals surface area contributed by atoms with Crippen LogP contribution in [-0.4, -0.2) is 64.9 Å². The Morgan fingerprint density at radius 3 is 2.29 bits per heavy atom. The molecule has 2 aliphatic rings. The first-order valence-electron chi connectivity index (χ1n) is 15.6. The van der Waals surface area contributed by atoms with Gasteiger partial charge >= 0.3 is 0 Å². The third-order valence-corrected chi connectivity index (χ3v) is 8.93. The van der Waals surface area contributed by atoms with E-state index in [4.69, 9.17) is 11.5 Å². The van der Waals surface area contributed by atoms with E-state index in [1.54, 1.807) is 18.0 Å². The highest BCUT2D eigenvalue weighted by atomic mass is 16.2. The molecule has 1 atom stereocenters. The number of fused-ring (bicyclic) bond motifs is 5. The molecule has 0 aromatic heterocycles. The summed E-state index contributed by atoms with van der Waals surface area (Å²) in [4.78, 5) is 54.9. The van der Waals surface area contributed by atoms with E-state index < -0.39 is 23.3 Å². The van der Waals surface area contributed by atoms with Gasteiger partial charge in [-0.2, -0.15) is 0 Å². The Hall–Kier alpha value is -4.40. The number of benzene rings is 3. The number of hydrogen-bond donors (Lipinski definition) is 2. The molecular weight excluding hydrogens is 564 g/mol. The standard InChI is InChI=1S/C37H42N4O4/c1-37(2,39)17-7-10-33(42)40(3)32-22-29-20-26(13-14-30(29)24-8-5-4-6-9-24)31-21-27(34(32)43)11-12-28(31)23-41-18-15-25(16-19-41)35(44)36(38)45/h4-14,20-21,25,32H,15-19,22-23,39H2,1-3H3,(H2,38,45)/b10-7+/t32-/m1/s1. The van der Waals surface area contributed by atoms with Crippen LogP contribution in [0, 0.1) is 5.92 Å². The second kappa shape index (κ2) is 13.3. The van der Waals surface area contributed by atoms with Gasteiger partial charge in [-0.3, -0.25) is 24.1 Å². The lowest BCUT2D eigenvalue weighted by atomic mass is 9.90. The second-order valence-corrected chi connectivity index (χ2v) is 13.0. The molecule has 0 radical (unpaired) electrons. The molecule has 0 spiro atoms. The molecule has 8 heteroatoms. The number of likely N-dealkylation sites (N-methyl/N-ethyl adjacent to an activating group) is 1. The summed E-state index contributed by atoms with van der Waals surface area (Å²) in [7, 11) is 1.69. The van der Waals surface area contributed by atoms with Gasteiger partial charge in [-0.1, -0.05) is 66.7 Å². The molecule has 1 aliphatic heterocycles. The first-order valence-corrected chi connectivity index (χ1v) is 15.6. The number of ketones is 2. The van der Waals surface area contributed by atoms with E-state index in [0.717, 1.165) is 33.4 Å². The van der Waals surface area contributed by atoms with Crippen LogP contribution in [-0.2, 0) is 27.3 Å². The van der Waals surface area contributed by atoms with Gasteiger partial charge in [0.25, 0.3) is 5.91 Å². The van der Waals surface area contributed by atoms with Gasteiger partial charge < -0.3 is 16.4 Å². The number of rotatable bonds is 9. The average molecular weight is 607 g/mol. The molecule has 2 amide bonds. The smallest absolute Gasteiger partial charge is 0.285 e. The van der Waals surface area contributed by atoms with E-state index in [0.29, 0.717) is 50.9 Å². The Kier molecular flexibility index (Phi) is 9.46. The molecule has 234 valence electrons. The van der Waals surface area contributed by atoms with Crippen LogP contribution in [0.2, 0.25) is 0 Å². The first-order chi connectivity index (χ1) is 21.4. The van der Waals surface area contributed by atoms with Gasteiger partial charge in [0.15, 0.2) is 5.78 Å². The third-order valence-electron chi connectivity index (χ3n) is 8.93. The summed E-state index contributed by atoms with van der Waals surface area (Å²) in [6.45, 7) is 5.79. The molecule has 1 aliphatic carbocycles. The molecular formula is C37H42N4O4.